The van der Waals surface area contributed by atoms with E-state index < -0.39 is 35.4 Å². The summed E-state index contributed by atoms with van der Waals surface area (Å²) in [6.07, 6.45) is 2.54. The van der Waals surface area contributed by atoms with E-state index in [0.717, 1.165) is 25.3 Å². The number of carbonyl (C=O) groups is 1. The largest absolute Gasteiger partial charge is 0.507 e. The van der Waals surface area contributed by atoms with Gasteiger partial charge in [-0.2, -0.15) is 0 Å². The van der Waals surface area contributed by atoms with Gasteiger partial charge in [0.15, 0.2) is 17.3 Å². The van der Waals surface area contributed by atoms with Gasteiger partial charge in [0, 0.05) is 41.5 Å². The number of benzene rings is 2. The van der Waals surface area contributed by atoms with E-state index in [4.69, 9.17) is 0 Å². The van der Waals surface area contributed by atoms with Gasteiger partial charge in [0.1, 0.15) is 5.75 Å². The van der Waals surface area contributed by atoms with Gasteiger partial charge in [-0.3, -0.25) is 4.79 Å². The first-order valence-electron chi connectivity index (χ1n) is 10.5. The fourth-order valence-electron chi connectivity index (χ4n) is 4.65. The molecule has 0 saturated heterocycles. The monoisotopic (exact) mass is 418 g/mol. The van der Waals surface area contributed by atoms with Crippen molar-refractivity contribution in [3.8, 4) is 17.2 Å². The average molecular weight is 418 g/mol. The molecular weight excluding hydrogens is 388 g/mol. The summed E-state index contributed by atoms with van der Waals surface area (Å²) < 4.78 is 0. The summed E-state index contributed by atoms with van der Waals surface area (Å²) in [4.78, 5) is 13.4. The Bertz CT molecular complexity index is 920. The number of hydrogen-bond donors (Lipinski definition) is 6. The van der Waals surface area contributed by atoms with Crippen LogP contribution >= 0.6 is 0 Å². The molecule has 7 nitrogen and oxygen atoms in total. The van der Waals surface area contributed by atoms with Crippen LogP contribution in [0.5, 0.6) is 17.2 Å². The molecule has 0 radical (unpaired) electrons. The zero-order chi connectivity index (χ0) is 22.0. The van der Waals surface area contributed by atoms with Crippen LogP contribution in [-0.4, -0.2) is 55.7 Å². The normalized spacial score (nSPS) is 20.0. The van der Waals surface area contributed by atoms with Crippen LogP contribution in [0, 0.1) is 17.8 Å². The molecule has 1 aliphatic rings. The third-order valence-electron chi connectivity index (χ3n) is 6.37. The van der Waals surface area contributed by atoms with Gasteiger partial charge < -0.3 is 30.6 Å². The summed E-state index contributed by atoms with van der Waals surface area (Å²) in [7, 11) is 0. The number of phenols is 3. The fourth-order valence-corrected chi connectivity index (χ4v) is 4.65. The maximum absolute atomic E-state index is 13.4. The molecule has 1 unspecified atom stereocenters. The van der Waals surface area contributed by atoms with E-state index in [9.17, 15) is 35.4 Å². The van der Waals surface area contributed by atoms with E-state index in [1.807, 2.05) is 6.92 Å². The van der Waals surface area contributed by atoms with E-state index in [2.05, 4.69) is 0 Å². The number of unbranched alkanes of at least 4 members (excludes halogenated alkanes) is 2. The van der Waals surface area contributed by atoms with Crippen LogP contribution in [0.3, 0.4) is 0 Å². The van der Waals surface area contributed by atoms with Crippen molar-refractivity contribution in [3.05, 3.63) is 29.3 Å². The topological polar surface area (TPSA) is 138 Å². The maximum atomic E-state index is 13.4. The zero-order valence-electron chi connectivity index (χ0n) is 17.1. The highest BCUT2D eigenvalue weighted by molar-refractivity contribution is 6.06. The van der Waals surface area contributed by atoms with Gasteiger partial charge >= 0.3 is 0 Å². The summed E-state index contributed by atoms with van der Waals surface area (Å²) in [6, 6.07) is 4.07. The second-order valence-electron chi connectivity index (χ2n) is 8.26. The first-order valence-corrected chi connectivity index (χ1v) is 10.5. The van der Waals surface area contributed by atoms with E-state index >= 15 is 0 Å². The van der Waals surface area contributed by atoms with Gasteiger partial charge in [-0.1, -0.05) is 26.2 Å². The average Bonchev–Trinajstić information content (AvgIpc) is 2.72. The van der Waals surface area contributed by atoms with E-state index in [-0.39, 0.29) is 30.1 Å². The highest BCUT2D eigenvalue weighted by atomic mass is 16.3. The lowest BCUT2D eigenvalue weighted by molar-refractivity contribution is 0.0114. The molecule has 0 aliphatic heterocycles. The molecule has 1 aliphatic carbocycles. The molecule has 2 aromatic carbocycles. The van der Waals surface area contributed by atoms with E-state index in [0.29, 0.717) is 29.4 Å². The fraction of sp³-hybridized carbons (Fsp3) is 0.522. The maximum Gasteiger partial charge on any atom is 0.169 e. The number of ketones is 1. The Morgan fingerprint density at radius 2 is 1.70 bits per heavy atom. The Kier molecular flexibility index (Phi) is 6.85. The molecule has 0 spiro atoms. The minimum absolute atomic E-state index is 0.151. The number of hydrogen-bond acceptors (Lipinski definition) is 7. The number of fused-ring (bicyclic) bond motifs is 2. The third kappa shape index (κ3) is 3.97. The number of rotatable bonds is 8. The Balaban J connectivity index is 2.10. The van der Waals surface area contributed by atoms with Crippen molar-refractivity contribution in [2.45, 2.75) is 45.1 Å². The number of phenolic OH excluding ortho intramolecular Hbond substituents is 3. The molecule has 0 bridgehead atoms. The molecule has 7 heteroatoms. The molecule has 3 atom stereocenters. The van der Waals surface area contributed by atoms with Crippen LogP contribution in [0.25, 0.3) is 10.8 Å². The quantitative estimate of drug-likeness (QED) is 0.220. The molecule has 0 heterocycles. The number of aromatic hydroxyl groups is 3. The van der Waals surface area contributed by atoms with Crippen LogP contribution in [0.15, 0.2) is 18.2 Å². The Labute approximate surface area is 175 Å². The third-order valence-corrected chi connectivity index (χ3v) is 6.37. The van der Waals surface area contributed by atoms with Gasteiger partial charge in [-0.25, -0.2) is 0 Å². The van der Waals surface area contributed by atoms with Crippen molar-refractivity contribution in [1.29, 1.82) is 0 Å². The number of Topliss-reactive ketones (excluding diaryl/α,β-unsaturated/α-hetero) is 1. The standard InChI is InChI=1S/C23H30O7/c1-2-3-4-5-18(26)21-14(13(10-24)11-25)6-12-7-16-17(8-15(12)23(21)30)22(29)20(28)9-19(16)27/h7-9,13-14,18,21,24-29H,2-6,10-11H2,1H3/t14-,18?,21+/m0/s1. The molecular formula is C23H30O7. The predicted molar refractivity (Wildman–Crippen MR) is 112 cm³/mol. The molecule has 2 aromatic rings. The first-order chi connectivity index (χ1) is 14.3. The van der Waals surface area contributed by atoms with E-state index in [1.165, 1.54) is 6.07 Å². The summed E-state index contributed by atoms with van der Waals surface area (Å²) in [5.74, 6) is -3.27. The van der Waals surface area contributed by atoms with Crippen molar-refractivity contribution < 1.29 is 35.4 Å². The lowest BCUT2D eigenvalue weighted by Crippen LogP contribution is -2.44. The minimum atomic E-state index is -0.912. The van der Waals surface area contributed by atoms with Gasteiger partial charge in [0.25, 0.3) is 0 Å². The highest BCUT2D eigenvalue weighted by Crippen LogP contribution is 2.44. The van der Waals surface area contributed by atoms with Crippen LogP contribution in [0.2, 0.25) is 0 Å². The molecule has 30 heavy (non-hydrogen) atoms. The van der Waals surface area contributed by atoms with Crippen molar-refractivity contribution in [2.75, 3.05) is 13.2 Å². The Morgan fingerprint density at radius 1 is 1.00 bits per heavy atom. The van der Waals surface area contributed by atoms with Crippen LogP contribution in [0.4, 0.5) is 0 Å². The molecule has 0 fully saturated rings. The first kappa shape index (κ1) is 22.3. The molecule has 164 valence electrons. The van der Waals surface area contributed by atoms with Crippen LogP contribution in [0.1, 0.15) is 48.5 Å². The molecule has 0 aromatic heterocycles. The lowest BCUT2D eigenvalue weighted by atomic mass is 9.66. The van der Waals surface area contributed by atoms with Gasteiger partial charge in [-0.05, 0) is 36.5 Å². The van der Waals surface area contributed by atoms with Crippen molar-refractivity contribution in [1.82, 2.24) is 0 Å². The summed E-state index contributed by atoms with van der Waals surface area (Å²) in [5.41, 5.74) is 0.926. The number of aliphatic hydroxyl groups is 3. The summed E-state index contributed by atoms with van der Waals surface area (Å²) >= 11 is 0. The smallest absolute Gasteiger partial charge is 0.169 e. The molecule has 0 amide bonds. The second-order valence-corrected chi connectivity index (χ2v) is 8.26. The molecule has 3 rings (SSSR count). The summed E-state index contributed by atoms with van der Waals surface area (Å²) in [5, 5.41) is 61.0. The Morgan fingerprint density at radius 3 is 2.33 bits per heavy atom. The number of aliphatic hydroxyl groups excluding tert-OH is 3. The molecule has 0 saturated carbocycles. The SMILES string of the molecule is CCCCCC(O)[C@@H]1C(=O)c2cc3c(O)c(O)cc(O)c3cc2C[C@H]1C(CO)CO. The predicted octanol–water partition coefficient (Wildman–Crippen LogP) is 2.47. The van der Waals surface area contributed by atoms with Gasteiger partial charge in [-0.15, -0.1) is 0 Å². The zero-order valence-corrected chi connectivity index (χ0v) is 17.1. The van der Waals surface area contributed by atoms with Gasteiger partial charge in [0.05, 0.1) is 12.0 Å². The van der Waals surface area contributed by atoms with Crippen molar-refractivity contribution in [2.24, 2.45) is 17.8 Å². The second kappa shape index (κ2) is 9.20. The van der Waals surface area contributed by atoms with Gasteiger partial charge in [0.2, 0.25) is 0 Å². The van der Waals surface area contributed by atoms with Crippen molar-refractivity contribution >= 4 is 16.6 Å². The van der Waals surface area contributed by atoms with Crippen LogP contribution in [-0.2, 0) is 6.42 Å². The lowest BCUT2D eigenvalue weighted by Gasteiger charge is -2.38. The van der Waals surface area contributed by atoms with Crippen LogP contribution < -0.4 is 0 Å². The van der Waals surface area contributed by atoms with Crippen molar-refractivity contribution in [3.63, 3.8) is 0 Å². The Hall–Kier alpha value is -2.35. The minimum Gasteiger partial charge on any atom is -0.507 e. The number of carbonyl (C=O) groups excluding carboxylic acids is 1. The summed E-state index contributed by atoms with van der Waals surface area (Å²) in [6.45, 7) is 1.43. The van der Waals surface area contributed by atoms with E-state index in [1.54, 1.807) is 6.07 Å². The molecule has 6 N–H and O–H groups in total. The highest BCUT2D eigenvalue weighted by Gasteiger charge is 2.43.